The summed E-state index contributed by atoms with van der Waals surface area (Å²) in [7, 11) is 0. The van der Waals surface area contributed by atoms with Gasteiger partial charge in [-0.25, -0.2) is 9.37 Å². The lowest BCUT2D eigenvalue weighted by Gasteiger charge is -2.13. The minimum Gasteiger partial charge on any atom is -0.323 e. The third-order valence-electron chi connectivity index (χ3n) is 4.47. The molecule has 1 amide bonds. The number of halogens is 1. The number of amides is 1. The fourth-order valence-electron chi connectivity index (χ4n) is 3.02. The first kappa shape index (κ1) is 21.1. The molecule has 0 fully saturated rings. The topological polar surface area (TPSA) is 107 Å². The van der Waals surface area contributed by atoms with Crippen LogP contribution in [-0.2, 0) is 11.2 Å². The predicted molar refractivity (Wildman–Crippen MR) is 117 cm³/mol. The second-order valence-corrected chi connectivity index (χ2v) is 8.55. The monoisotopic (exact) mass is 458 g/mol. The maximum atomic E-state index is 13.8. The summed E-state index contributed by atoms with van der Waals surface area (Å²) in [6.45, 7) is 0. The Morgan fingerprint density at radius 3 is 2.71 bits per heavy atom. The van der Waals surface area contributed by atoms with Crippen LogP contribution in [0.5, 0.6) is 0 Å². The van der Waals surface area contributed by atoms with Gasteiger partial charge in [0.2, 0.25) is 5.91 Å². The Balaban J connectivity index is 1.63. The molecule has 2 aromatic carbocycles. The summed E-state index contributed by atoms with van der Waals surface area (Å²) in [6, 6.07) is 11.4. The van der Waals surface area contributed by atoms with Gasteiger partial charge in [-0.1, -0.05) is 23.9 Å². The SMILES string of the molecule is O=C(CSc1nc2c(c(=O)n1-c1ccc([N+](=O)[O-])cc1)SCC2)Nc1ccccc1F. The molecule has 3 aromatic rings. The first-order valence-electron chi connectivity index (χ1n) is 9.15. The van der Waals surface area contributed by atoms with Gasteiger partial charge in [-0.3, -0.25) is 24.3 Å². The maximum Gasteiger partial charge on any atom is 0.272 e. The summed E-state index contributed by atoms with van der Waals surface area (Å²) in [4.78, 5) is 40.9. The third-order valence-corrected chi connectivity index (χ3v) is 6.51. The molecule has 1 N–H and O–H groups in total. The highest BCUT2D eigenvalue weighted by Gasteiger charge is 2.23. The second-order valence-electron chi connectivity index (χ2n) is 6.50. The number of nitrogens with one attached hydrogen (secondary N) is 1. The van der Waals surface area contributed by atoms with Crippen molar-refractivity contribution in [2.45, 2.75) is 16.5 Å². The van der Waals surface area contributed by atoms with Crippen LogP contribution in [0.1, 0.15) is 5.69 Å². The van der Waals surface area contributed by atoms with E-state index in [9.17, 15) is 24.1 Å². The number of anilines is 1. The van der Waals surface area contributed by atoms with Gasteiger partial charge in [0.05, 0.1) is 32.6 Å². The number of carbonyl (C=O) groups is 1. The number of fused-ring (bicyclic) bond motifs is 1. The quantitative estimate of drug-likeness (QED) is 0.260. The molecule has 31 heavy (non-hydrogen) atoms. The fraction of sp³-hybridized carbons (Fsp3) is 0.150. The summed E-state index contributed by atoms with van der Waals surface area (Å²) in [5, 5.41) is 13.7. The van der Waals surface area contributed by atoms with Crippen LogP contribution in [0.4, 0.5) is 15.8 Å². The molecule has 158 valence electrons. The van der Waals surface area contributed by atoms with Gasteiger partial charge in [-0.15, -0.1) is 11.8 Å². The number of thioether (sulfide) groups is 2. The first-order chi connectivity index (χ1) is 14.9. The Morgan fingerprint density at radius 2 is 2.00 bits per heavy atom. The molecular formula is C20H15FN4O4S2. The molecule has 8 nitrogen and oxygen atoms in total. The van der Waals surface area contributed by atoms with Gasteiger partial charge in [-0.2, -0.15) is 0 Å². The molecule has 0 spiro atoms. The number of rotatable bonds is 6. The zero-order valence-electron chi connectivity index (χ0n) is 15.9. The zero-order chi connectivity index (χ0) is 22.0. The molecular weight excluding hydrogens is 443 g/mol. The van der Waals surface area contributed by atoms with Gasteiger partial charge in [-0.05, 0) is 24.3 Å². The summed E-state index contributed by atoms with van der Waals surface area (Å²) >= 11 is 2.45. The van der Waals surface area contributed by atoms with E-state index in [1.807, 2.05) is 0 Å². The molecule has 0 bridgehead atoms. The third kappa shape index (κ3) is 4.47. The van der Waals surface area contributed by atoms with Gasteiger partial charge in [0.15, 0.2) is 5.16 Å². The number of hydrogen-bond donors (Lipinski definition) is 1. The van der Waals surface area contributed by atoms with Gasteiger partial charge in [0, 0.05) is 24.3 Å². The van der Waals surface area contributed by atoms with Gasteiger partial charge < -0.3 is 5.32 Å². The number of hydrogen-bond acceptors (Lipinski definition) is 7. The number of nitro groups is 1. The number of carbonyl (C=O) groups excluding carboxylic acids is 1. The van der Waals surface area contributed by atoms with E-state index in [0.29, 0.717) is 27.9 Å². The molecule has 0 aliphatic carbocycles. The van der Waals surface area contributed by atoms with Crippen LogP contribution in [0.15, 0.2) is 63.4 Å². The number of non-ortho nitro benzene ring substituents is 1. The van der Waals surface area contributed by atoms with Crippen molar-refractivity contribution >= 4 is 40.8 Å². The number of aryl methyl sites for hydroxylation is 1. The van der Waals surface area contributed by atoms with Crippen molar-refractivity contribution in [2.75, 3.05) is 16.8 Å². The van der Waals surface area contributed by atoms with Crippen molar-refractivity contribution in [1.29, 1.82) is 0 Å². The number of para-hydroxylation sites is 1. The van der Waals surface area contributed by atoms with E-state index in [4.69, 9.17) is 0 Å². The molecule has 1 aliphatic heterocycles. The molecule has 0 radical (unpaired) electrons. The molecule has 0 unspecified atom stereocenters. The summed E-state index contributed by atoms with van der Waals surface area (Å²) < 4.78 is 15.1. The van der Waals surface area contributed by atoms with E-state index in [0.717, 1.165) is 17.5 Å². The van der Waals surface area contributed by atoms with E-state index in [2.05, 4.69) is 10.3 Å². The average Bonchev–Trinajstić information content (AvgIpc) is 3.23. The molecule has 1 aliphatic rings. The van der Waals surface area contributed by atoms with E-state index in [1.165, 1.54) is 58.8 Å². The van der Waals surface area contributed by atoms with Crippen molar-refractivity contribution in [2.24, 2.45) is 0 Å². The molecule has 11 heteroatoms. The lowest BCUT2D eigenvalue weighted by molar-refractivity contribution is -0.384. The lowest BCUT2D eigenvalue weighted by Crippen LogP contribution is -2.24. The standard InChI is InChI=1S/C20H15FN4O4S2/c21-14-3-1-2-4-15(14)22-17(26)11-31-20-23-16-9-10-30-18(16)19(27)24(20)12-5-7-13(8-6-12)25(28)29/h1-8H,9-11H2,(H,22,26). The molecule has 0 saturated heterocycles. The fourth-order valence-corrected chi connectivity index (χ4v) is 4.87. The largest absolute Gasteiger partial charge is 0.323 e. The highest BCUT2D eigenvalue weighted by Crippen LogP contribution is 2.30. The number of aromatic nitrogens is 2. The predicted octanol–water partition coefficient (Wildman–Crippen LogP) is 3.66. The van der Waals surface area contributed by atoms with Crippen molar-refractivity contribution in [3.63, 3.8) is 0 Å². The van der Waals surface area contributed by atoms with Gasteiger partial charge in [0.1, 0.15) is 5.82 Å². The van der Waals surface area contributed by atoms with Crippen LogP contribution in [0, 0.1) is 15.9 Å². The first-order valence-corrected chi connectivity index (χ1v) is 11.1. The van der Waals surface area contributed by atoms with Crippen LogP contribution in [0.2, 0.25) is 0 Å². The number of nitrogens with zero attached hydrogens (tertiary/aromatic N) is 3. The van der Waals surface area contributed by atoms with Crippen molar-refractivity contribution in [3.05, 3.63) is 80.5 Å². The van der Waals surface area contributed by atoms with Crippen LogP contribution in [0.3, 0.4) is 0 Å². The van der Waals surface area contributed by atoms with Crippen LogP contribution in [0.25, 0.3) is 5.69 Å². The van der Waals surface area contributed by atoms with E-state index in [1.54, 1.807) is 6.07 Å². The van der Waals surface area contributed by atoms with Crippen LogP contribution < -0.4 is 10.9 Å². The van der Waals surface area contributed by atoms with Crippen LogP contribution in [-0.4, -0.2) is 31.9 Å². The highest BCUT2D eigenvalue weighted by molar-refractivity contribution is 8.00. The Bertz CT molecular complexity index is 1230. The highest BCUT2D eigenvalue weighted by atomic mass is 32.2. The molecule has 2 heterocycles. The average molecular weight is 458 g/mol. The Morgan fingerprint density at radius 1 is 1.26 bits per heavy atom. The van der Waals surface area contributed by atoms with Crippen molar-refractivity contribution < 1.29 is 14.1 Å². The van der Waals surface area contributed by atoms with Gasteiger partial charge >= 0.3 is 0 Å². The summed E-state index contributed by atoms with van der Waals surface area (Å²) in [5.41, 5.74) is 0.775. The van der Waals surface area contributed by atoms with Crippen LogP contribution >= 0.6 is 23.5 Å². The van der Waals surface area contributed by atoms with Crippen molar-refractivity contribution in [1.82, 2.24) is 9.55 Å². The minimum absolute atomic E-state index is 0.0687. The molecule has 0 saturated carbocycles. The Kier molecular flexibility index (Phi) is 6.05. The molecule has 0 atom stereocenters. The Labute approximate surface area is 184 Å². The van der Waals surface area contributed by atoms with E-state index >= 15 is 0 Å². The van der Waals surface area contributed by atoms with E-state index in [-0.39, 0.29) is 22.7 Å². The zero-order valence-corrected chi connectivity index (χ0v) is 17.5. The lowest BCUT2D eigenvalue weighted by atomic mass is 10.2. The summed E-state index contributed by atoms with van der Waals surface area (Å²) in [5.74, 6) is -0.356. The normalized spacial score (nSPS) is 12.4. The maximum absolute atomic E-state index is 13.8. The molecule has 4 rings (SSSR count). The molecule has 1 aromatic heterocycles. The second kappa shape index (κ2) is 8.90. The van der Waals surface area contributed by atoms with Crippen molar-refractivity contribution in [3.8, 4) is 5.69 Å². The smallest absolute Gasteiger partial charge is 0.272 e. The number of benzene rings is 2. The minimum atomic E-state index is -0.545. The number of nitro benzene ring substituents is 1. The Hall–Kier alpha value is -3.18. The van der Waals surface area contributed by atoms with E-state index < -0.39 is 16.6 Å². The van der Waals surface area contributed by atoms with Gasteiger partial charge in [0.25, 0.3) is 11.2 Å². The summed E-state index contributed by atoms with van der Waals surface area (Å²) in [6.07, 6.45) is 0.644.